The van der Waals surface area contributed by atoms with Gasteiger partial charge in [-0.25, -0.2) is 4.79 Å². The minimum atomic E-state index is -2.17. The highest BCUT2D eigenvalue weighted by Crippen LogP contribution is 2.38. The van der Waals surface area contributed by atoms with Crippen molar-refractivity contribution in [1.82, 2.24) is 0 Å². The number of benzene rings is 2. The molecule has 2 aliphatic heterocycles. The summed E-state index contributed by atoms with van der Waals surface area (Å²) in [6.45, 7) is -2.01. The molecule has 0 aliphatic carbocycles. The van der Waals surface area contributed by atoms with Gasteiger partial charge in [0.25, 0.3) is 0 Å². The van der Waals surface area contributed by atoms with Crippen molar-refractivity contribution in [3.05, 3.63) is 35.9 Å². The van der Waals surface area contributed by atoms with Crippen molar-refractivity contribution in [3.8, 4) is 34.5 Å². The molecule has 238 valence electrons. The van der Waals surface area contributed by atoms with E-state index in [1.165, 1.54) is 51.7 Å². The summed E-state index contributed by atoms with van der Waals surface area (Å²) in [5.41, 5.74) is -2.25. The van der Waals surface area contributed by atoms with Crippen molar-refractivity contribution in [1.29, 1.82) is 0 Å². The summed E-state index contributed by atoms with van der Waals surface area (Å²) in [4.78, 5) is 12.7. The van der Waals surface area contributed by atoms with E-state index in [1.54, 1.807) is 0 Å². The third-order valence-corrected chi connectivity index (χ3v) is 6.99. The lowest BCUT2D eigenvalue weighted by Crippen LogP contribution is -2.62. The summed E-state index contributed by atoms with van der Waals surface area (Å²) in [6, 6.07) is 6.33. The molecule has 0 saturated carbocycles. The number of carbonyl (C=O) groups excluding carboxylic acids is 1. The van der Waals surface area contributed by atoms with E-state index >= 15 is 0 Å². The highest BCUT2D eigenvalue weighted by molar-refractivity contribution is 5.91. The second-order valence-electron chi connectivity index (χ2n) is 9.79. The molecule has 4 rings (SSSR count). The number of methoxy groups -OCH3 is 3. The lowest BCUT2D eigenvalue weighted by atomic mass is 9.98. The van der Waals surface area contributed by atoms with Crippen molar-refractivity contribution in [2.24, 2.45) is 0 Å². The Hall–Kier alpha value is -3.61. The number of esters is 1. The van der Waals surface area contributed by atoms with E-state index in [-0.39, 0.29) is 40.1 Å². The fourth-order valence-corrected chi connectivity index (χ4v) is 4.50. The van der Waals surface area contributed by atoms with Crippen LogP contribution in [0, 0.1) is 0 Å². The maximum Gasteiger partial charge on any atom is 0.338 e. The molecule has 0 spiro atoms. The molecular formula is C27H34O16. The van der Waals surface area contributed by atoms with Crippen LogP contribution in [-0.2, 0) is 18.9 Å². The second-order valence-corrected chi connectivity index (χ2v) is 9.79. The van der Waals surface area contributed by atoms with E-state index in [2.05, 4.69) is 0 Å². The molecule has 0 aromatic heterocycles. The van der Waals surface area contributed by atoms with Gasteiger partial charge in [-0.2, -0.15) is 0 Å². The van der Waals surface area contributed by atoms with Crippen molar-refractivity contribution in [2.45, 2.75) is 48.7 Å². The van der Waals surface area contributed by atoms with Gasteiger partial charge in [0.05, 0.1) is 40.1 Å². The maximum atomic E-state index is 12.7. The van der Waals surface area contributed by atoms with Crippen LogP contribution in [0.2, 0.25) is 0 Å². The van der Waals surface area contributed by atoms with Crippen molar-refractivity contribution >= 4 is 5.97 Å². The molecule has 2 aliphatic rings. The molecule has 43 heavy (non-hydrogen) atoms. The Morgan fingerprint density at radius 2 is 1.60 bits per heavy atom. The number of aromatic hydroxyl groups is 2. The summed E-state index contributed by atoms with van der Waals surface area (Å²) in [7, 11) is 3.86. The number of hydrogen-bond donors (Lipinski definition) is 7. The topological polar surface area (TPSA) is 233 Å². The Bertz CT molecular complexity index is 1250. The lowest BCUT2D eigenvalue weighted by Gasteiger charge is -2.42. The molecule has 2 saturated heterocycles. The summed E-state index contributed by atoms with van der Waals surface area (Å²) in [5, 5.41) is 72.6. The van der Waals surface area contributed by atoms with E-state index < -0.39 is 74.5 Å². The van der Waals surface area contributed by atoms with E-state index in [9.17, 15) is 40.5 Å². The molecule has 2 heterocycles. The average molecular weight is 615 g/mol. The van der Waals surface area contributed by atoms with Gasteiger partial charge in [-0.05, 0) is 24.3 Å². The summed E-state index contributed by atoms with van der Waals surface area (Å²) >= 11 is 0. The van der Waals surface area contributed by atoms with Gasteiger partial charge in [-0.3, -0.25) is 0 Å². The highest BCUT2D eigenvalue weighted by Gasteiger charge is 2.54. The van der Waals surface area contributed by atoms with Crippen LogP contribution >= 0.6 is 0 Å². The summed E-state index contributed by atoms with van der Waals surface area (Å²) in [6.07, 6.45) is -11.1. The van der Waals surface area contributed by atoms with Gasteiger partial charge < -0.3 is 73.6 Å². The molecule has 7 N–H and O–H groups in total. The minimum Gasteiger partial charge on any atom is -0.504 e. The molecule has 0 radical (unpaired) electrons. The van der Waals surface area contributed by atoms with E-state index in [4.69, 9.17) is 37.9 Å². The number of aliphatic hydroxyl groups is 5. The molecule has 16 nitrogen and oxygen atoms in total. The Kier molecular flexibility index (Phi) is 10.0. The molecule has 16 heteroatoms. The average Bonchev–Trinajstić information content (AvgIpc) is 3.29. The molecular weight excluding hydrogens is 580 g/mol. The lowest BCUT2D eigenvalue weighted by molar-refractivity contribution is -0.318. The molecule has 0 unspecified atom stereocenters. The van der Waals surface area contributed by atoms with E-state index in [0.29, 0.717) is 0 Å². The number of carbonyl (C=O) groups is 1. The maximum absolute atomic E-state index is 12.7. The molecule has 0 amide bonds. The Labute approximate surface area is 245 Å². The molecule has 2 aromatic rings. The first-order valence-electron chi connectivity index (χ1n) is 12.9. The van der Waals surface area contributed by atoms with E-state index in [0.717, 1.165) is 0 Å². The Morgan fingerprint density at radius 1 is 0.953 bits per heavy atom. The number of phenolic OH excluding ortho intramolecular Hbond substituents is 2. The van der Waals surface area contributed by atoms with Gasteiger partial charge in [0.15, 0.2) is 41.0 Å². The molecule has 2 fully saturated rings. The van der Waals surface area contributed by atoms with Crippen LogP contribution in [-0.4, -0.2) is 132 Å². The summed E-state index contributed by atoms with van der Waals surface area (Å²) in [5.74, 6) is -1.45. The van der Waals surface area contributed by atoms with Gasteiger partial charge >= 0.3 is 5.97 Å². The number of aliphatic hydroxyl groups excluding tert-OH is 4. The zero-order valence-electron chi connectivity index (χ0n) is 23.4. The molecule has 2 aromatic carbocycles. The summed E-state index contributed by atoms with van der Waals surface area (Å²) < 4.78 is 42.7. The van der Waals surface area contributed by atoms with Crippen molar-refractivity contribution < 1.29 is 78.4 Å². The van der Waals surface area contributed by atoms with Crippen LogP contribution in [0.15, 0.2) is 30.3 Å². The van der Waals surface area contributed by atoms with Crippen molar-refractivity contribution in [2.75, 3.05) is 41.2 Å². The van der Waals surface area contributed by atoms with Gasteiger partial charge in [0.2, 0.25) is 12.0 Å². The van der Waals surface area contributed by atoms with Crippen LogP contribution in [0.4, 0.5) is 0 Å². The van der Waals surface area contributed by atoms with Gasteiger partial charge in [-0.1, -0.05) is 0 Å². The quantitative estimate of drug-likeness (QED) is 0.145. The second kappa shape index (κ2) is 13.4. The minimum absolute atomic E-state index is 0.0587. The van der Waals surface area contributed by atoms with Crippen LogP contribution in [0.3, 0.4) is 0 Å². The number of hydrogen-bond acceptors (Lipinski definition) is 16. The third-order valence-electron chi connectivity index (χ3n) is 6.99. The van der Waals surface area contributed by atoms with Crippen LogP contribution in [0.1, 0.15) is 10.4 Å². The standard InChI is InChI=1S/C27H34O16/c1-36-15-8-13(4-5-14(15)29)41-25-22(21(32)20(31)18(9-28)42-25)43-26-23(33)27(35,11-40-26)10-39-24(34)12-6-16(37-2)19(30)17(7-12)38-3/h4-8,18,20-23,25-26,28-33,35H,9-11H2,1-3H3/t18-,20-,21+,22-,23+,25+,26-,27-/m1/s1. The number of rotatable bonds is 11. The first-order valence-corrected chi connectivity index (χ1v) is 12.9. The van der Waals surface area contributed by atoms with Crippen LogP contribution < -0.4 is 18.9 Å². The van der Waals surface area contributed by atoms with Crippen LogP contribution in [0.25, 0.3) is 0 Å². The predicted octanol–water partition coefficient (Wildman–Crippen LogP) is -1.37. The molecule has 0 bridgehead atoms. The zero-order chi connectivity index (χ0) is 31.5. The van der Waals surface area contributed by atoms with Crippen molar-refractivity contribution in [3.63, 3.8) is 0 Å². The number of ether oxygens (including phenoxy) is 8. The van der Waals surface area contributed by atoms with Gasteiger partial charge in [0, 0.05) is 6.07 Å². The SMILES string of the molecule is COc1cc(O[C@H]2O[C@H](CO)[C@@H](O)[C@H](O)[C@H]2O[C@H]2OC[C@](O)(COC(=O)c3cc(OC)c(O)c(OC)c3)[C@H]2O)ccc1O. The van der Waals surface area contributed by atoms with Crippen LogP contribution in [0.5, 0.6) is 34.5 Å². The Balaban J connectivity index is 1.46. The monoisotopic (exact) mass is 614 g/mol. The van der Waals surface area contributed by atoms with Gasteiger partial charge in [0.1, 0.15) is 36.8 Å². The largest absolute Gasteiger partial charge is 0.504 e. The third kappa shape index (κ3) is 6.66. The zero-order valence-corrected chi connectivity index (χ0v) is 23.4. The Morgan fingerprint density at radius 3 is 2.21 bits per heavy atom. The fraction of sp³-hybridized carbons (Fsp3) is 0.519. The van der Waals surface area contributed by atoms with E-state index in [1.807, 2.05) is 0 Å². The predicted molar refractivity (Wildman–Crippen MR) is 140 cm³/mol. The number of phenols is 2. The first-order chi connectivity index (χ1) is 20.5. The highest BCUT2D eigenvalue weighted by atomic mass is 16.8. The smallest absolute Gasteiger partial charge is 0.338 e. The first kappa shape index (κ1) is 32.3. The normalized spacial score (nSPS) is 30.5. The van der Waals surface area contributed by atoms with Gasteiger partial charge in [-0.15, -0.1) is 0 Å². The fourth-order valence-electron chi connectivity index (χ4n) is 4.50. The molecule has 8 atom stereocenters.